The van der Waals surface area contributed by atoms with E-state index >= 15 is 0 Å². The van der Waals surface area contributed by atoms with Gasteiger partial charge in [-0.1, -0.05) is 0 Å². The number of ether oxygens (including phenoxy) is 1. The van der Waals surface area contributed by atoms with Gasteiger partial charge >= 0.3 is 0 Å². The zero-order chi connectivity index (χ0) is 11.8. The van der Waals surface area contributed by atoms with Gasteiger partial charge in [-0.25, -0.2) is 0 Å². The van der Waals surface area contributed by atoms with Crippen LogP contribution in [0.1, 0.15) is 0 Å². The Morgan fingerprint density at radius 3 is 2.94 bits per heavy atom. The number of hydrogen-bond donors (Lipinski definition) is 2. The second-order valence-electron chi connectivity index (χ2n) is 3.72. The molecule has 0 aliphatic carbocycles. The van der Waals surface area contributed by atoms with Gasteiger partial charge in [0.15, 0.2) is 11.3 Å². The first-order chi connectivity index (χ1) is 8.28. The molecule has 0 atom stereocenters. The lowest BCUT2D eigenvalue weighted by Crippen LogP contribution is -1.85. The van der Waals surface area contributed by atoms with Crippen molar-refractivity contribution in [1.82, 2.24) is 10.2 Å². The first-order valence-electron chi connectivity index (χ1n) is 5.14. The third-order valence-corrected chi connectivity index (χ3v) is 2.65. The average molecular weight is 229 g/mol. The van der Waals surface area contributed by atoms with Crippen LogP contribution in [0, 0.1) is 0 Å². The molecular weight excluding hydrogens is 218 g/mol. The summed E-state index contributed by atoms with van der Waals surface area (Å²) in [7, 11) is 1.61. The number of benzene rings is 1. The van der Waals surface area contributed by atoms with Crippen LogP contribution in [0.15, 0.2) is 34.9 Å². The highest BCUT2D eigenvalue weighted by atomic mass is 16.5. The SMILES string of the molecule is COc1cc(-c2cc(N)n[nH]2)cc2ccoc12. The summed E-state index contributed by atoms with van der Waals surface area (Å²) in [5.41, 5.74) is 8.14. The highest BCUT2D eigenvalue weighted by molar-refractivity contribution is 5.88. The molecule has 5 heteroatoms. The first-order valence-corrected chi connectivity index (χ1v) is 5.14. The number of nitrogen functional groups attached to an aromatic ring is 1. The number of nitrogens with zero attached hydrogens (tertiary/aromatic N) is 1. The molecule has 0 amide bonds. The number of rotatable bonds is 2. The summed E-state index contributed by atoms with van der Waals surface area (Å²) in [6, 6.07) is 7.55. The highest BCUT2D eigenvalue weighted by Gasteiger charge is 2.10. The fourth-order valence-corrected chi connectivity index (χ4v) is 1.84. The Morgan fingerprint density at radius 2 is 2.24 bits per heavy atom. The minimum atomic E-state index is 0.464. The molecule has 3 aromatic rings. The van der Waals surface area contributed by atoms with Crippen molar-refractivity contribution in [1.29, 1.82) is 0 Å². The number of aromatic amines is 1. The van der Waals surface area contributed by atoms with Crippen LogP contribution in [0.4, 0.5) is 5.82 Å². The van der Waals surface area contributed by atoms with Crippen LogP contribution >= 0.6 is 0 Å². The van der Waals surface area contributed by atoms with Crippen LogP contribution in [0.3, 0.4) is 0 Å². The number of methoxy groups -OCH3 is 1. The molecule has 0 aliphatic heterocycles. The van der Waals surface area contributed by atoms with Crippen LogP contribution in [-0.2, 0) is 0 Å². The number of nitrogens with two attached hydrogens (primary N) is 1. The summed E-state index contributed by atoms with van der Waals surface area (Å²) < 4.78 is 10.7. The van der Waals surface area contributed by atoms with Crippen LogP contribution < -0.4 is 10.5 Å². The lowest BCUT2D eigenvalue weighted by atomic mass is 10.1. The maximum absolute atomic E-state index is 5.59. The number of furan rings is 1. The van der Waals surface area contributed by atoms with Crippen molar-refractivity contribution < 1.29 is 9.15 Å². The summed E-state index contributed by atoms with van der Waals surface area (Å²) >= 11 is 0. The van der Waals surface area contributed by atoms with E-state index in [2.05, 4.69) is 10.2 Å². The number of hydrogen-bond acceptors (Lipinski definition) is 4. The van der Waals surface area contributed by atoms with E-state index in [-0.39, 0.29) is 0 Å². The van der Waals surface area contributed by atoms with Crippen LogP contribution in [-0.4, -0.2) is 17.3 Å². The maximum atomic E-state index is 5.59. The molecule has 86 valence electrons. The lowest BCUT2D eigenvalue weighted by molar-refractivity contribution is 0.410. The molecule has 0 bridgehead atoms. The van der Waals surface area contributed by atoms with Gasteiger partial charge in [0.25, 0.3) is 0 Å². The topological polar surface area (TPSA) is 77.1 Å². The number of fused-ring (bicyclic) bond motifs is 1. The Morgan fingerprint density at radius 1 is 1.35 bits per heavy atom. The molecule has 0 fully saturated rings. The zero-order valence-corrected chi connectivity index (χ0v) is 9.23. The van der Waals surface area contributed by atoms with E-state index in [1.165, 1.54) is 0 Å². The summed E-state index contributed by atoms with van der Waals surface area (Å²) in [5, 5.41) is 7.75. The molecule has 0 radical (unpaired) electrons. The summed E-state index contributed by atoms with van der Waals surface area (Å²) in [4.78, 5) is 0. The highest BCUT2D eigenvalue weighted by Crippen LogP contribution is 2.32. The molecule has 0 spiro atoms. The van der Waals surface area contributed by atoms with Crippen molar-refractivity contribution in [2.24, 2.45) is 0 Å². The summed E-state index contributed by atoms with van der Waals surface area (Å²) in [6.07, 6.45) is 1.64. The standard InChI is InChI=1S/C12H11N3O2/c1-16-10-5-8(9-6-11(13)15-14-9)4-7-2-3-17-12(7)10/h2-6H,1H3,(H3,13,14,15). The zero-order valence-electron chi connectivity index (χ0n) is 9.23. The van der Waals surface area contributed by atoms with Gasteiger partial charge in [0.1, 0.15) is 5.82 Å². The number of aromatic nitrogens is 2. The fraction of sp³-hybridized carbons (Fsp3) is 0.0833. The Bertz CT molecular complexity index is 669. The predicted octanol–water partition coefficient (Wildman–Crippen LogP) is 2.41. The molecule has 1 aromatic carbocycles. The molecule has 5 nitrogen and oxygen atoms in total. The van der Waals surface area contributed by atoms with Crippen molar-refractivity contribution in [2.75, 3.05) is 12.8 Å². The Hall–Kier alpha value is -2.43. The minimum absolute atomic E-state index is 0.464. The number of nitrogens with one attached hydrogen (secondary N) is 1. The van der Waals surface area contributed by atoms with Crippen molar-refractivity contribution in [3.8, 4) is 17.0 Å². The van der Waals surface area contributed by atoms with Gasteiger partial charge in [-0.2, -0.15) is 5.10 Å². The maximum Gasteiger partial charge on any atom is 0.175 e. The molecular formula is C12H11N3O2. The Balaban J connectivity index is 2.23. The largest absolute Gasteiger partial charge is 0.493 e. The van der Waals surface area contributed by atoms with Gasteiger partial charge in [-0.3, -0.25) is 5.10 Å². The lowest BCUT2D eigenvalue weighted by Gasteiger charge is -2.03. The molecule has 0 saturated carbocycles. The van der Waals surface area contributed by atoms with Gasteiger partial charge in [0.2, 0.25) is 0 Å². The van der Waals surface area contributed by atoms with E-state index in [4.69, 9.17) is 14.9 Å². The Kier molecular flexibility index (Phi) is 2.04. The molecule has 0 aliphatic rings. The molecule has 2 heterocycles. The van der Waals surface area contributed by atoms with E-state index < -0.39 is 0 Å². The first kappa shape index (κ1) is 9.77. The third-order valence-electron chi connectivity index (χ3n) is 2.65. The van der Waals surface area contributed by atoms with Gasteiger partial charge in [0, 0.05) is 17.0 Å². The molecule has 0 unspecified atom stereocenters. The van der Waals surface area contributed by atoms with E-state index in [0.717, 1.165) is 22.2 Å². The van der Waals surface area contributed by atoms with Crippen molar-refractivity contribution >= 4 is 16.8 Å². The molecule has 3 rings (SSSR count). The van der Waals surface area contributed by atoms with E-state index in [1.54, 1.807) is 19.4 Å². The number of H-pyrrole nitrogens is 1. The van der Waals surface area contributed by atoms with Crippen LogP contribution in [0.2, 0.25) is 0 Å². The van der Waals surface area contributed by atoms with Gasteiger partial charge in [-0.05, 0) is 18.2 Å². The van der Waals surface area contributed by atoms with Crippen LogP contribution in [0.25, 0.3) is 22.2 Å². The summed E-state index contributed by atoms with van der Waals surface area (Å²) in [5.74, 6) is 1.15. The smallest absolute Gasteiger partial charge is 0.175 e. The Labute approximate surface area is 97.2 Å². The predicted molar refractivity (Wildman–Crippen MR) is 64.8 cm³/mol. The van der Waals surface area contributed by atoms with E-state index in [1.807, 2.05) is 18.2 Å². The van der Waals surface area contributed by atoms with Crippen molar-refractivity contribution in [3.63, 3.8) is 0 Å². The number of anilines is 1. The third kappa shape index (κ3) is 1.52. The van der Waals surface area contributed by atoms with Crippen LogP contribution in [0.5, 0.6) is 5.75 Å². The van der Waals surface area contributed by atoms with Crippen molar-refractivity contribution in [3.05, 3.63) is 30.5 Å². The normalized spacial score (nSPS) is 10.9. The monoisotopic (exact) mass is 229 g/mol. The summed E-state index contributed by atoms with van der Waals surface area (Å²) in [6.45, 7) is 0. The van der Waals surface area contributed by atoms with Gasteiger partial charge < -0.3 is 14.9 Å². The minimum Gasteiger partial charge on any atom is -0.493 e. The van der Waals surface area contributed by atoms with E-state index in [9.17, 15) is 0 Å². The molecule has 17 heavy (non-hydrogen) atoms. The quantitative estimate of drug-likeness (QED) is 0.707. The molecule has 0 saturated heterocycles. The van der Waals surface area contributed by atoms with Gasteiger partial charge in [-0.15, -0.1) is 0 Å². The van der Waals surface area contributed by atoms with Gasteiger partial charge in [0.05, 0.1) is 19.1 Å². The van der Waals surface area contributed by atoms with E-state index in [0.29, 0.717) is 11.6 Å². The molecule has 2 aromatic heterocycles. The molecule has 3 N–H and O–H groups in total. The fourth-order valence-electron chi connectivity index (χ4n) is 1.84. The average Bonchev–Trinajstić information content (AvgIpc) is 2.95. The second kappa shape index (κ2) is 3.55. The second-order valence-corrected chi connectivity index (χ2v) is 3.72. The van der Waals surface area contributed by atoms with Crippen molar-refractivity contribution in [2.45, 2.75) is 0 Å².